The smallest absolute Gasteiger partial charge is 0.119 e. The van der Waals surface area contributed by atoms with Gasteiger partial charge in [-0.05, 0) is 67.5 Å². The molecule has 0 aliphatic heterocycles. The quantitative estimate of drug-likeness (QED) is 0.599. The van der Waals surface area contributed by atoms with Crippen molar-refractivity contribution in [1.29, 1.82) is 0 Å². The monoisotopic (exact) mass is 339 g/mol. The molecule has 0 fully saturated rings. The summed E-state index contributed by atoms with van der Waals surface area (Å²) in [7, 11) is 0. The van der Waals surface area contributed by atoms with Crippen molar-refractivity contribution < 1.29 is 4.74 Å². The molecule has 0 amide bonds. The van der Waals surface area contributed by atoms with E-state index in [4.69, 9.17) is 4.74 Å². The van der Waals surface area contributed by atoms with E-state index in [1.165, 1.54) is 16.7 Å². The van der Waals surface area contributed by atoms with Gasteiger partial charge in [-0.2, -0.15) is 0 Å². The third-order valence-corrected chi connectivity index (χ3v) is 4.70. The van der Waals surface area contributed by atoms with Gasteiger partial charge in [-0.25, -0.2) is 0 Å². The molecule has 1 unspecified atom stereocenters. The Morgan fingerprint density at radius 2 is 1.72 bits per heavy atom. The zero-order valence-electron chi connectivity index (χ0n) is 16.2. The predicted octanol–water partition coefficient (Wildman–Crippen LogP) is 5.70. The topological polar surface area (TPSA) is 21.3 Å². The standard InChI is InChI=1S/C23H33NO/c1-5-23(24-16-14-20-9-7-6-8-19(20)4)21-10-12-22(13-11-21)25-17-15-18(2)3/h6-13,18,23-24H,5,14-17H2,1-4H3. The molecule has 1 atom stereocenters. The van der Waals surface area contributed by atoms with Crippen LogP contribution >= 0.6 is 0 Å². The molecule has 2 heteroatoms. The number of ether oxygens (including phenoxy) is 1. The summed E-state index contributed by atoms with van der Waals surface area (Å²) in [4.78, 5) is 0. The SMILES string of the molecule is CCC(NCCc1ccccc1C)c1ccc(OCCC(C)C)cc1. The number of hydrogen-bond acceptors (Lipinski definition) is 2. The van der Waals surface area contributed by atoms with Crippen LogP contribution in [-0.2, 0) is 6.42 Å². The van der Waals surface area contributed by atoms with E-state index in [0.717, 1.165) is 38.2 Å². The number of rotatable bonds is 10. The van der Waals surface area contributed by atoms with Gasteiger partial charge < -0.3 is 10.1 Å². The molecule has 2 nitrogen and oxygen atoms in total. The van der Waals surface area contributed by atoms with E-state index in [2.05, 4.69) is 81.5 Å². The molecule has 0 aromatic heterocycles. The number of benzene rings is 2. The van der Waals surface area contributed by atoms with Crippen LogP contribution in [0.25, 0.3) is 0 Å². The van der Waals surface area contributed by atoms with Gasteiger partial charge in [-0.3, -0.25) is 0 Å². The normalized spacial score (nSPS) is 12.4. The minimum Gasteiger partial charge on any atom is -0.494 e. The minimum atomic E-state index is 0.397. The first-order valence-electron chi connectivity index (χ1n) is 9.60. The zero-order chi connectivity index (χ0) is 18.1. The average Bonchev–Trinajstić information content (AvgIpc) is 2.61. The summed E-state index contributed by atoms with van der Waals surface area (Å²) in [6, 6.07) is 17.6. The Bertz CT molecular complexity index is 618. The maximum atomic E-state index is 5.82. The average molecular weight is 340 g/mol. The molecule has 2 rings (SSSR count). The van der Waals surface area contributed by atoms with Crippen molar-refractivity contribution >= 4 is 0 Å². The second kappa shape index (κ2) is 10.2. The highest BCUT2D eigenvalue weighted by molar-refractivity contribution is 5.29. The van der Waals surface area contributed by atoms with E-state index < -0.39 is 0 Å². The van der Waals surface area contributed by atoms with E-state index in [1.54, 1.807) is 0 Å². The van der Waals surface area contributed by atoms with Gasteiger partial charge in [-0.1, -0.05) is 57.2 Å². The molecule has 136 valence electrons. The van der Waals surface area contributed by atoms with Crippen LogP contribution in [0.3, 0.4) is 0 Å². The van der Waals surface area contributed by atoms with E-state index in [-0.39, 0.29) is 0 Å². The van der Waals surface area contributed by atoms with Gasteiger partial charge in [0.15, 0.2) is 0 Å². The second-order valence-electron chi connectivity index (χ2n) is 7.19. The summed E-state index contributed by atoms with van der Waals surface area (Å²) < 4.78 is 5.82. The zero-order valence-corrected chi connectivity index (χ0v) is 16.2. The number of aryl methyl sites for hydroxylation is 1. The maximum Gasteiger partial charge on any atom is 0.119 e. The highest BCUT2D eigenvalue weighted by atomic mass is 16.5. The first-order valence-corrected chi connectivity index (χ1v) is 9.60. The van der Waals surface area contributed by atoms with Crippen molar-refractivity contribution in [2.45, 2.75) is 53.0 Å². The molecule has 0 spiro atoms. The van der Waals surface area contributed by atoms with Crippen LogP contribution in [0.1, 0.15) is 56.3 Å². The molecule has 0 saturated heterocycles. The first kappa shape index (κ1) is 19.5. The molecule has 0 radical (unpaired) electrons. The van der Waals surface area contributed by atoms with Crippen LogP contribution in [-0.4, -0.2) is 13.2 Å². The third kappa shape index (κ3) is 6.55. The van der Waals surface area contributed by atoms with Crippen molar-refractivity contribution in [2.75, 3.05) is 13.2 Å². The van der Waals surface area contributed by atoms with Crippen LogP contribution in [0.15, 0.2) is 48.5 Å². The molecule has 2 aromatic rings. The molecule has 0 heterocycles. The summed E-state index contributed by atoms with van der Waals surface area (Å²) in [6.45, 7) is 10.7. The van der Waals surface area contributed by atoms with Crippen molar-refractivity contribution in [3.05, 3.63) is 65.2 Å². The van der Waals surface area contributed by atoms with Crippen LogP contribution in [0, 0.1) is 12.8 Å². The van der Waals surface area contributed by atoms with Crippen molar-refractivity contribution in [1.82, 2.24) is 5.32 Å². The molecular formula is C23H33NO. The molecule has 0 saturated carbocycles. The number of nitrogens with one attached hydrogen (secondary N) is 1. The van der Waals surface area contributed by atoms with Gasteiger partial charge in [0.25, 0.3) is 0 Å². The Morgan fingerprint density at radius 3 is 2.36 bits per heavy atom. The Hall–Kier alpha value is -1.80. The minimum absolute atomic E-state index is 0.397. The van der Waals surface area contributed by atoms with Gasteiger partial charge in [0.1, 0.15) is 5.75 Å². The molecule has 25 heavy (non-hydrogen) atoms. The largest absolute Gasteiger partial charge is 0.494 e. The first-order chi connectivity index (χ1) is 12.1. The van der Waals surface area contributed by atoms with Crippen LogP contribution in [0.5, 0.6) is 5.75 Å². The Morgan fingerprint density at radius 1 is 1.00 bits per heavy atom. The number of hydrogen-bond donors (Lipinski definition) is 1. The third-order valence-electron chi connectivity index (χ3n) is 4.70. The van der Waals surface area contributed by atoms with E-state index >= 15 is 0 Å². The summed E-state index contributed by atoms with van der Waals surface area (Å²) >= 11 is 0. The highest BCUT2D eigenvalue weighted by Crippen LogP contribution is 2.21. The molecule has 1 N–H and O–H groups in total. The fourth-order valence-corrected chi connectivity index (χ4v) is 2.98. The lowest BCUT2D eigenvalue weighted by molar-refractivity contribution is 0.289. The summed E-state index contributed by atoms with van der Waals surface area (Å²) in [6.07, 6.45) is 3.25. The molecular weight excluding hydrogens is 306 g/mol. The summed E-state index contributed by atoms with van der Waals surface area (Å²) in [5.41, 5.74) is 4.14. The van der Waals surface area contributed by atoms with Gasteiger partial charge in [-0.15, -0.1) is 0 Å². The Labute approximate surface area is 153 Å². The van der Waals surface area contributed by atoms with Crippen LogP contribution in [0.2, 0.25) is 0 Å². The van der Waals surface area contributed by atoms with Gasteiger partial charge in [0.05, 0.1) is 6.61 Å². The molecule has 0 aliphatic rings. The van der Waals surface area contributed by atoms with Crippen molar-refractivity contribution in [3.8, 4) is 5.75 Å². The maximum absolute atomic E-state index is 5.82. The van der Waals surface area contributed by atoms with Gasteiger partial charge in [0, 0.05) is 6.04 Å². The van der Waals surface area contributed by atoms with E-state index in [0.29, 0.717) is 12.0 Å². The fraction of sp³-hybridized carbons (Fsp3) is 0.478. The Kier molecular flexibility index (Phi) is 8.00. The summed E-state index contributed by atoms with van der Waals surface area (Å²) in [5.74, 6) is 1.65. The molecule has 2 aromatic carbocycles. The van der Waals surface area contributed by atoms with Crippen LogP contribution in [0.4, 0.5) is 0 Å². The Balaban J connectivity index is 1.84. The fourth-order valence-electron chi connectivity index (χ4n) is 2.98. The molecule has 0 bridgehead atoms. The van der Waals surface area contributed by atoms with Crippen LogP contribution < -0.4 is 10.1 Å². The summed E-state index contributed by atoms with van der Waals surface area (Å²) in [5, 5.41) is 3.70. The van der Waals surface area contributed by atoms with Crippen molar-refractivity contribution in [2.24, 2.45) is 5.92 Å². The highest BCUT2D eigenvalue weighted by Gasteiger charge is 2.09. The second-order valence-corrected chi connectivity index (χ2v) is 7.19. The lowest BCUT2D eigenvalue weighted by atomic mass is 10.0. The lowest BCUT2D eigenvalue weighted by Crippen LogP contribution is -2.23. The van der Waals surface area contributed by atoms with E-state index in [9.17, 15) is 0 Å². The molecule has 0 aliphatic carbocycles. The van der Waals surface area contributed by atoms with Crippen molar-refractivity contribution in [3.63, 3.8) is 0 Å². The predicted molar refractivity (Wildman–Crippen MR) is 107 cm³/mol. The van der Waals surface area contributed by atoms with Gasteiger partial charge in [0.2, 0.25) is 0 Å². The van der Waals surface area contributed by atoms with E-state index in [1.807, 2.05) is 0 Å². The lowest BCUT2D eigenvalue weighted by Gasteiger charge is -2.18. The van der Waals surface area contributed by atoms with Gasteiger partial charge >= 0.3 is 0 Å².